The molecule has 77 valence electrons. The largest absolute Gasteiger partial charge is 0.437 e. The molecule has 0 aliphatic carbocycles. The van der Waals surface area contributed by atoms with Gasteiger partial charge in [-0.15, -0.1) is 0 Å². The molecule has 0 bridgehead atoms. The Balaban J connectivity index is 4.25. The SMILES string of the molecule is CCC[Si](C)(OC)O[Si](C)(C)O[Si]. The first kappa shape index (κ1) is 13.5. The highest BCUT2D eigenvalue weighted by Gasteiger charge is 2.37. The second-order valence-corrected chi connectivity index (χ2v) is 11.3. The summed E-state index contributed by atoms with van der Waals surface area (Å²) < 4.78 is 16.6. The van der Waals surface area contributed by atoms with E-state index in [4.69, 9.17) is 12.7 Å². The summed E-state index contributed by atoms with van der Waals surface area (Å²) in [5, 5.41) is 0. The predicted octanol–water partition coefficient (Wildman–Crippen LogP) is 1.93. The number of hydrogen-bond donors (Lipinski definition) is 0. The van der Waals surface area contributed by atoms with Crippen LogP contribution in [0, 0.1) is 0 Å². The summed E-state index contributed by atoms with van der Waals surface area (Å²) in [6, 6.07) is 1.01. The van der Waals surface area contributed by atoms with E-state index < -0.39 is 17.1 Å². The molecule has 0 aromatic heterocycles. The third-order valence-corrected chi connectivity index (χ3v) is 9.78. The van der Waals surface area contributed by atoms with Crippen LogP contribution in [0.5, 0.6) is 0 Å². The highest BCUT2D eigenvalue weighted by molar-refractivity contribution is 6.80. The van der Waals surface area contributed by atoms with Gasteiger partial charge in [-0.05, 0) is 25.7 Å². The van der Waals surface area contributed by atoms with Gasteiger partial charge in [-0.25, -0.2) is 0 Å². The van der Waals surface area contributed by atoms with E-state index in [1.807, 2.05) is 13.1 Å². The topological polar surface area (TPSA) is 27.7 Å². The molecule has 0 saturated heterocycles. The van der Waals surface area contributed by atoms with Gasteiger partial charge in [0.25, 0.3) is 0 Å². The molecule has 0 aliphatic rings. The molecule has 0 fully saturated rings. The van der Waals surface area contributed by atoms with Crippen LogP contribution in [0.1, 0.15) is 13.3 Å². The molecule has 0 N–H and O–H groups in total. The van der Waals surface area contributed by atoms with E-state index in [-0.39, 0.29) is 0 Å². The van der Waals surface area contributed by atoms with Crippen molar-refractivity contribution in [3.8, 4) is 0 Å². The number of hydrogen-bond acceptors (Lipinski definition) is 3. The van der Waals surface area contributed by atoms with Gasteiger partial charge in [0.1, 0.15) is 0 Å². The fraction of sp³-hybridized carbons (Fsp3) is 1.00. The second-order valence-electron chi connectivity index (χ2n) is 3.69. The minimum absolute atomic E-state index is 1.01. The van der Waals surface area contributed by atoms with E-state index in [1.165, 1.54) is 0 Å². The van der Waals surface area contributed by atoms with E-state index in [0.29, 0.717) is 0 Å². The molecular formula is C7H19O3Si3. The monoisotopic (exact) mass is 235 g/mol. The van der Waals surface area contributed by atoms with Crippen molar-refractivity contribution < 1.29 is 12.7 Å². The smallest absolute Gasteiger partial charge is 0.325 e. The Morgan fingerprint density at radius 3 is 2.08 bits per heavy atom. The van der Waals surface area contributed by atoms with Crippen LogP contribution in [0.25, 0.3) is 0 Å². The van der Waals surface area contributed by atoms with Gasteiger partial charge >= 0.3 is 17.1 Å². The molecule has 1 unspecified atom stereocenters. The average Bonchev–Trinajstić information content (AvgIpc) is 2.04. The Labute approximate surface area is 86.8 Å². The van der Waals surface area contributed by atoms with Gasteiger partial charge < -0.3 is 12.7 Å². The van der Waals surface area contributed by atoms with Crippen molar-refractivity contribution in [1.29, 1.82) is 0 Å². The Morgan fingerprint density at radius 2 is 1.77 bits per heavy atom. The number of rotatable bonds is 6. The van der Waals surface area contributed by atoms with E-state index in [2.05, 4.69) is 24.0 Å². The lowest BCUT2D eigenvalue weighted by Gasteiger charge is -2.33. The van der Waals surface area contributed by atoms with Crippen molar-refractivity contribution >= 4 is 27.6 Å². The van der Waals surface area contributed by atoms with Gasteiger partial charge in [-0.3, -0.25) is 0 Å². The zero-order valence-corrected chi connectivity index (χ0v) is 12.1. The third-order valence-electron chi connectivity index (χ3n) is 1.84. The molecule has 6 heteroatoms. The van der Waals surface area contributed by atoms with Crippen molar-refractivity contribution in [2.45, 2.75) is 39.0 Å². The molecule has 3 nitrogen and oxygen atoms in total. The normalized spacial score (nSPS) is 17.1. The van der Waals surface area contributed by atoms with Crippen molar-refractivity contribution in [2.75, 3.05) is 7.11 Å². The quantitative estimate of drug-likeness (QED) is 0.659. The standard InChI is InChI=1S/C7H19O3Si3/c1-6-7-13(5,8-2)10-12(3,4)9-11/h6-7H2,1-5H3. The summed E-state index contributed by atoms with van der Waals surface area (Å²) in [4.78, 5) is 0. The predicted molar refractivity (Wildman–Crippen MR) is 59.1 cm³/mol. The molecule has 0 aromatic carbocycles. The Bertz CT molecular complexity index is 154. The van der Waals surface area contributed by atoms with Gasteiger partial charge in [0.2, 0.25) is 10.5 Å². The third kappa shape index (κ3) is 5.09. The van der Waals surface area contributed by atoms with E-state index in [1.54, 1.807) is 7.11 Å². The first-order chi connectivity index (χ1) is 5.89. The highest BCUT2D eigenvalue weighted by atomic mass is 28.5. The Hall–Kier alpha value is 0.531. The molecule has 3 radical (unpaired) electrons. The Kier molecular flexibility index (Phi) is 5.64. The molecule has 1 atom stereocenters. The molecule has 0 amide bonds. The zero-order chi connectivity index (χ0) is 10.5. The maximum Gasteiger partial charge on any atom is 0.325 e. The summed E-state index contributed by atoms with van der Waals surface area (Å²) in [7, 11) is 0.783. The summed E-state index contributed by atoms with van der Waals surface area (Å²) >= 11 is 0. The lowest BCUT2D eigenvalue weighted by molar-refractivity contribution is 0.276. The summed E-state index contributed by atoms with van der Waals surface area (Å²) in [6.45, 7) is 8.22. The summed E-state index contributed by atoms with van der Waals surface area (Å²) in [6.07, 6.45) is 1.09. The fourth-order valence-electron chi connectivity index (χ4n) is 1.19. The molecule has 0 spiro atoms. The van der Waals surface area contributed by atoms with Crippen LogP contribution in [0.15, 0.2) is 0 Å². The minimum atomic E-state index is -2.02. The van der Waals surface area contributed by atoms with Crippen LogP contribution in [0.3, 0.4) is 0 Å². The van der Waals surface area contributed by atoms with Crippen molar-refractivity contribution in [1.82, 2.24) is 0 Å². The van der Waals surface area contributed by atoms with Crippen molar-refractivity contribution in [3.05, 3.63) is 0 Å². The van der Waals surface area contributed by atoms with E-state index in [0.717, 1.165) is 12.5 Å². The molecule has 0 saturated carbocycles. The van der Waals surface area contributed by atoms with Crippen LogP contribution in [0.2, 0.25) is 25.7 Å². The lowest BCUT2D eigenvalue weighted by Crippen LogP contribution is -2.49. The maximum absolute atomic E-state index is 5.95. The fourth-order valence-corrected chi connectivity index (χ4v) is 7.74. The first-order valence-corrected chi connectivity index (χ1v) is 10.2. The zero-order valence-electron chi connectivity index (χ0n) is 9.14. The minimum Gasteiger partial charge on any atom is -0.437 e. The first-order valence-electron chi connectivity index (χ1n) is 4.49. The molecule has 0 aliphatic heterocycles. The van der Waals surface area contributed by atoms with Gasteiger partial charge in [0.15, 0.2) is 0 Å². The van der Waals surface area contributed by atoms with Crippen molar-refractivity contribution in [2.24, 2.45) is 0 Å². The van der Waals surface area contributed by atoms with Crippen LogP contribution < -0.4 is 0 Å². The molecule has 0 rings (SSSR count). The van der Waals surface area contributed by atoms with Crippen LogP contribution in [0.4, 0.5) is 0 Å². The van der Waals surface area contributed by atoms with E-state index in [9.17, 15) is 0 Å². The summed E-state index contributed by atoms with van der Waals surface area (Å²) in [5.74, 6) is 0. The highest BCUT2D eigenvalue weighted by Crippen LogP contribution is 2.20. The van der Waals surface area contributed by atoms with Crippen LogP contribution in [-0.4, -0.2) is 34.7 Å². The van der Waals surface area contributed by atoms with Gasteiger partial charge in [-0.1, -0.05) is 13.3 Å². The average molecular weight is 235 g/mol. The summed E-state index contributed by atoms with van der Waals surface area (Å²) in [5.41, 5.74) is 0. The molecule has 0 aromatic rings. The van der Waals surface area contributed by atoms with Gasteiger partial charge in [0.05, 0.1) is 0 Å². The molecular weight excluding hydrogens is 216 g/mol. The van der Waals surface area contributed by atoms with E-state index >= 15 is 0 Å². The molecule has 13 heavy (non-hydrogen) atoms. The lowest BCUT2D eigenvalue weighted by atomic mass is 10.6. The second kappa shape index (κ2) is 5.42. The van der Waals surface area contributed by atoms with Gasteiger partial charge in [0, 0.05) is 7.11 Å². The van der Waals surface area contributed by atoms with Crippen molar-refractivity contribution in [3.63, 3.8) is 0 Å². The molecule has 0 heterocycles. The Morgan fingerprint density at radius 1 is 1.23 bits per heavy atom. The maximum atomic E-state index is 5.95. The van der Waals surface area contributed by atoms with Crippen LogP contribution >= 0.6 is 0 Å². The van der Waals surface area contributed by atoms with Crippen LogP contribution in [-0.2, 0) is 12.7 Å². The van der Waals surface area contributed by atoms with Gasteiger partial charge in [-0.2, -0.15) is 0 Å².